The van der Waals surface area contributed by atoms with Crippen molar-refractivity contribution in [3.05, 3.63) is 87.0 Å². The number of thiophene rings is 1. The Labute approximate surface area is 207 Å². The van der Waals surface area contributed by atoms with E-state index in [1.165, 1.54) is 4.88 Å². The second kappa shape index (κ2) is 9.50. The Morgan fingerprint density at radius 3 is 2.71 bits per heavy atom. The number of hydrazone groups is 1. The van der Waals surface area contributed by atoms with Gasteiger partial charge in [0, 0.05) is 21.8 Å². The molecule has 0 unspecified atom stereocenters. The molecule has 7 heteroatoms. The number of fused-ring (bicyclic) bond motifs is 2. The maximum atomic E-state index is 12.6. The lowest BCUT2D eigenvalue weighted by atomic mass is 9.95. The molecule has 0 bridgehead atoms. The minimum atomic E-state index is -0.872. The fourth-order valence-electron chi connectivity index (χ4n) is 4.99. The Morgan fingerprint density at radius 1 is 1.11 bits per heavy atom. The molecule has 6 nitrogen and oxygen atoms in total. The van der Waals surface area contributed by atoms with Gasteiger partial charge < -0.3 is 9.67 Å². The van der Waals surface area contributed by atoms with E-state index in [1.54, 1.807) is 17.6 Å². The number of nitrogens with zero attached hydrogens (tertiary/aromatic N) is 2. The van der Waals surface area contributed by atoms with E-state index < -0.39 is 5.97 Å². The Hall–Kier alpha value is -3.71. The molecular formula is C28H27N3O3S. The van der Waals surface area contributed by atoms with Gasteiger partial charge in [0.1, 0.15) is 5.00 Å². The monoisotopic (exact) mass is 485 g/mol. The van der Waals surface area contributed by atoms with Crippen molar-refractivity contribution in [1.82, 2.24) is 9.99 Å². The predicted octanol–water partition coefficient (Wildman–Crippen LogP) is 5.58. The molecule has 0 fully saturated rings. The highest BCUT2D eigenvalue weighted by Gasteiger charge is 2.27. The average Bonchev–Trinajstić information content (AvgIpc) is 3.35. The van der Waals surface area contributed by atoms with E-state index >= 15 is 0 Å². The number of carboxylic acid groups (broad SMARTS) is 1. The summed E-state index contributed by atoms with van der Waals surface area (Å²) in [6, 6.07) is 15.9. The quantitative estimate of drug-likeness (QED) is 0.276. The Morgan fingerprint density at radius 2 is 1.89 bits per heavy atom. The van der Waals surface area contributed by atoms with Gasteiger partial charge in [-0.3, -0.25) is 4.79 Å². The summed E-state index contributed by atoms with van der Waals surface area (Å²) in [5, 5.41) is 17.1. The zero-order valence-electron chi connectivity index (χ0n) is 19.8. The van der Waals surface area contributed by atoms with Crippen molar-refractivity contribution >= 4 is 40.2 Å². The maximum Gasteiger partial charge on any atom is 0.339 e. The van der Waals surface area contributed by atoms with Crippen molar-refractivity contribution < 1.29 is 14.7 Å². The van der Waals surface area contributed by atoms with Crippen LogP contribution in [0.2, 0.25) is 0 Å². The first-order valence-electron chi connectivity index (χ1n) is 11.8. The van der Waals surface area contributed by atoms with Crippen molar-refractivity contribution in [2.45, 2.75) is 46.0 Å². The van der Waals surface area contributed by atoms with Crippen LogP contribution < -0.4 is 5.43 Å². The van der Waals surface area contributed by atoms with Gasteiger partial charge in [0.25, 0.3) is 0 Å². The summed E-state index contributed by atoms with van der Waals surface area (Å²) in [6.07, 6.45) is 5.77. The van der Waals surface area contributed by atoms with Gasteiger partial charge in [-0.2, -0.15) is 5.10 Å². The van der Waals surface area contributed by atoms with Crippen LogP contribution in [-0.2, 0) is 24.1 Å². The van der Waals surface area contributed by atoms with Crippen LogP contribution in [0, 0.1) is 13.8 Å². The molecule has 35 heavy (non-hydrogen) atoms. The second-order valence-electron chi connectivity index (χ2n) is 8.97. The molecule has 0 saturated heterocycles. The van der Waals surface area contributed by atoms with Crippen LogP contribution in [0.1, 0.15) is 56.2 Å². The Balaban J connectivity index is 1.36. The van der Waals surface area contributed by atoms with Gasteiger partial charge >= 0.3 is 5.97 Å². The number of aromatic nitrogens is 1. The fourth-order valence-corrected chi connectivity index (χ4v) is 6.49. The van der Waals surface area contributed by atoms with Crippen LogP contribution in [0.5, 0.6) is 0 Å². The van der Waals surface area contributed by atoms with Crippen LogP contribution in [0.3, 0.4) is 0 Å². The molecule has 1 aliphatic carbocycles. The number of hydrogen-bond acceptors (Lipinski definition) is 4. The molecule has 4 aromatic rings. The first-order chi connectivity index (χ1) is 16.9. The number of benzene rings is 2. The van der Waals surface area contributed by atoms with Crippen molar-refractivity contribution in [3.8, 4) is 5.00 Å². The fraction of sp³-hybridized carbons (Fsp3) is 0.250. The van der Waals surface area contributed by atoms with Crippen molar-refractivity contribution in [2.75, 3.05) is 0 Å². The number of hydrogen-bond donors (Lipinski definition) is 2. The highest BCUT2D eigenvalue weighted by Crippen LogP contribution is 2.38. The van der Waals surface area contributed by atoms with Gasteiger partial charge in [0.2, 0.25) is 5.91 Å². The minimum Gasteiger partial charge on any atom is -0.478 e. The molecular weight excluding hydrogens is 458 g/mol. The summed E-state index contributed by atoms with van der Waals surface area (Å²) < 4.78 is 2.01. The van der Waals surface area contributed by atoms with Gasteiger partial charge in [0.05, 0.1) is 18.2 Å². The smallest absolute Gasteiger partial charge is 0.339 e. The highest BCUT2D eigenvalue weighted by atomic mass is 32.1. The van der Waals surface area contributed by atoms with Gasteiger partial charge in [-0.15, -0.1) is 11.3 Å². The standard InChI is InChI=1S/C28H27N3O3S/c1-17-14-21(16-29-30-25(32)15-20-10-7-9-19-8-3-4-11-22(19)20)18(2)31(17)27-26(28(33)34)23-12-5-6-13-24(23)35-27/h3-4,7-11,14,16H,5-6,12-13,15H2,1-2H3,(H,30,32)(H,33,34). The van der Waals surface area contributed by atoms with Crippen LogP contribution in [-0.4, -0.2) is 27.8 Å². The lowest BCUT2D eigenvalue weighted by Crippen LogP contribution is -2.20. The van der Waals surface area contributed by atoms with Crippen molar-refractivity contribution in [3.63, 3.8) is 0 Å². The summed E-state index contributed by atoms with van der Waals surface area (Å²) >= 11 is 1.58. The topological polar surface area (TPSA) is 83.7 Å². The number of carboxylic acids is 1. The molecule has 0 atom stereocenters. The minimum absolute atomic E-state index is 0.189. The third-order valence-corrected chi connectivity index (χ3v) is 7.94. The summed E-state index contributed by atoms with van der Waals surface area (Å²) in [4.78, 5) is 25.9. The zero-order chi connectivity index (χ0) is 24.5. The molecule has 1 aliphatic rings. The molecule has 5 rings (SSSR count). The number of amides is 1. The first kappa shape index (κ1) is 23.1. The molecule has 1 amide bonds. The summed E-state index contributed by atoms with van der Waals surface area (Å²) in [6.45, 7) is 3.92. The van der Waals surface area contributed by atoms with Gasteiger partial charge in [-0.25, -0.2) is 10.2 Å². The maximum absolute atomic E-state index is 12.6. The summed E-state index contributed by atoms with van der Waals surface area (Å²) in [5.41, 5.74) is 7.70. The van der Waals surface area contributed by atoms with Crippen LogP contribution in [0.4, 0.5) is 0 Å². The predicted molar refractivity (Wildman–Crippen MR) is 140 cm³/mol. The van der Waals surface area contributed by atoms with Gasteiger partial charge in [-0.05, 0) is 67.5 Å². The molecule has 2 N–H and O–H groups in total. The molecule has 2 heterocycles. The number of carbonyl (C=O) groups is 2. The lowest BCUT2D eigenvalue weighted by molar-refractivity contribution is -0.120. The van der Waals surface area contributed by atoms with E-state index in [0.29, 0.717) is 5.56 Å². The Kier molecular flexibility index (Phi) is 6.26. The molecule has 2 aromatic carbocycles. The number of rotatable bonds is 6. The van der Waals surface area contributed by atoms with Gasteiger partial charge in [-0.1, -0.05) is 42.5 Å². The van der Waals surface area contributed by atoms with Crippen LogP contribution >= 0.6 is 11.3 Å². The van der Waals surface area contributed by atoms with E-state index in [-0.39, 0.29) is 12.3 Å². The number of nitrogens with one attached hydrogen (secondary N) is 1. The van der Waals surface area contributed by atoms with Crippen molar-refractivity contribution in [2.24, 2.45) is 5.10 Å². The summed E-state index contributed by atoms with van der Waals surface area (Å²) in [7, 11) is 0. The molecule has 0 radical (unpaired) electrons. The number of aryl methyl sites for hydroxylation is 2. The van der Waals surface area contributed by atoms with E-state index in [9.17, 15) is 14.7 Å². The van der Waals surface area contributed by atoms with E-state index in [1.807, 2.05) is 66.9 Å². The highest BCUT2D eigenvalue weighted by molar-refractivity contribution is 7.15. The number of aromatic carboxylic acids is 1. The Bertz CT molecular complexity index is 1470. The number of carbonyl (C=O) groups excluding carboxylic acids is 1. The largest absolute Gasteiger partial charge is 0.478 e. The molecule has 0 saturated carbocycles. The SMILES string of the molecule is Cc1cc(C=NNC(=O)Cc2cccc3ccccc23)c(C)n1-c1sc2c(c1C(=O)O)CCCC2. The normalized spacial score (nSPS) is 13.3. The molecule has 178 valence electrons. The van der Waals surface area contributed by atoms with E-state index in [4.69, 9.17) is 0 Å². The average molecular weight is 486 g/mol. The lowest BCUT2D eigenvalue weighted by Gasteiger charge is -2.11. The van der Waals surface area contributed by atoms with Crippen LogP contribution in [0.15, 0.2) is 53.6 Å². The second-order valence-corrected chi connectivity index (χ2v) is 10.0. The molecule has 0 spiro atoms. The van der Waals surface area contributed by atoms with E-state index in [0.717, 1.165) is 69.5 Å². The van der Waals surface area contributed by atoms with Crippen LogP contribution in [0.25, 0.3) is 15.8 Å². The molecule has 0 aliphatic heterocycles. The third kappa shape index (κ3) is 4.39. The molecule has 2 aromatic heterocycles. The zero-order valence-corrected chi connectivity index (χ0v) is 20.6. The van der Waals surface area contributed by atoms with Crippen molar-refractivity contribution in [1.29, 1.82) is 0 Å². The third-order valence-electron chi connectivity index (χ3n) is 6.66. The van der Waals surface area contributed by atoms with E-state index in [2.05, 4.69) is 10.5 Å². The van der Waals surface area contributed by atoms with Gasteiger partial charge in [0.15, 0.2) is 0 Å². The first-order valence-corrected chi connectivity index (χ1v) is 12.6. The summed E-state index contributed by atoms with van der Waals surface area (Å²) in [5.74, 6) is -1.06.